The zero-order valence-electron chi connectivity index (χ0n) is 11.6. The van der Waals surface area contributed by atoms with E-state index >= 15 is 0 Å². The fraction of sp³-hybridized carbons (Fsp3) is 0.714. The second-order valence-electron chi connectivity index (χ2n) is 4.98. The molecule has 19 heavy (non-hydrogen) atoms. The van der Waals surface area contributed by atoms with E-state index in [4.69, 9.17) is 4.74 Å². The number of ether oxygens (including phenoxy) is 2. The van der Waals surface area contributed by atoms with Crippen LogP contribution in [-0.2, 0) is 20.7 Å². The van der Waals surface area contributed by atoms with Crippen LogP contribution in [0.5, 0.6) is 0 Å². The molecular formula is C14H21NO3S. The first-order valence-electron chi connectivity index (χ1n) is 6.78. The van der Waals surface area contributed by atoms with Crippen molar-refractivity contribution in [3.8, 4) is 0 Å². The van der Waals surface area contributed by atoms with E-state index in [1.807, 2.05) is 5.38 Å². The molecule has 106 valence electrons. The molecule has 0 aliphatic heterocycles. The van der Waals surface area contributed by atoms with Gasteiger partial charge < -0.3 is 9.47 Å². The Kier molecular flexibility index (Phi) is 5.34. The lowest BCUT2D eigenvalue weighted by molar-refractivity contribution is -0.139. The molecule has 2 rings (SSSR count). The van der Waals surface area contributed by atoms with Crippen molar-refractivity contribution in [2.75, 3.05) is 14.2 Å². The molecule has 1 unspecified atom stereocenters. The maximum Gasteiger partial charge on any atom is 0.311 e. The number of methoxy groups -OCH3 is 2. The molecule has 1 atom stereocenters. The minimum absolute atomic E-state index is 0.0803. The number of carbonyl (C=O) groups is 1. The van der Waals surface area contributed by atoms with Crippen LogP contribution >= 0.6 is 11.3 Å². The van der Waals surface area contributed by atoms with E-state index in [0.717, 1.165) is 10.7 Å². The van der Waals surface area contributed by atoms with Crippen LogP contribution in [0.1, 0.15) is 48.9 Å². The monoisotopic (exact) mass is 283 g/mol. The van der Waals surface area contributed by atoms with Crippen LogP contribution in [0.15, 0.2) is 5.38 Å². The Morgan fingerprint density at radius 1 is 1.42 bits per heavy atom. The van der Waals surface area contributed by atoms with E-state index in [2.05, 4.69) is 9.72 Å². The SMILES string of the molecule is COC(=O)Cc1csc(C(OC)C2CCCCC2)n1. The van der Waals surface area contributed by atoms with Gasteiger partial charge in [-0.1, -0.05) is 19.3 Å². The van der Waals surface area contributed by atoms with Gasteiger partial charge in [0.1, 0.15) is 11.1 Å². The Morgan fingerprint density at radius 2 is 2.16 bits per heavy atom. The lowest BCUT2D eigenvalue weighted by atomic mass is 9.85. The molecule has 5 heteroatoms. The van der Waals surface area contributed by atoms with Gasteiger partial charge in [0.15, 0.2) is 0 Å². The van der Waals surface area contributed by atoms with E-state index in [1.54, 1.807) is 18.4 Å². The van der Waals surface area contributed by atoms with E-state index in [9.17, 15) is 4.79 Å². The maximum absolute atomic E-state index is 11.2. The largest absolute Gasteiger partial charge is 0.469 e. The summed E-state index contributed by atoms with van der Waals surface area (Å²) >= 11 is 1.58. The number of thiazole rings is 1. The molecule has 1 aliphatic rings. The number of esters is 1. The van der Waals surface area contributed by atoms with Crippen molar-refractivity contribution in [2.45, 2.75) is 44.6 Å². The first-order chi connectivity index (χ1) is 9.24. The molecule has 1 aliphatic carbocycles. The molecule has 0 amide bonds. The highest BCUT2D eigenvalue weighted by atomic mass is 32.1. The number of rotatable bonds is 5. The van der Waals surface area contributed by atoms with E-state index in [1.165, 1.54) is 39.2 Å². The van der Waals surface area contributed by atoms with Crippen LogP contribution in [0.25, 0.3) is 0 Å². The fourth-order valence-corrected chi connectivity index (χ4v) is 3.67. The van der Waals surface area contributed by atoms with Gasteiger partial charge in [0.25, 0.3) is 0 Å². The molecule has 1 heterocycles. The highest BCUT2D eigenvalue weighted by molar-refractivity contribution is 7.09. The molecule has 0 spiro atoms. The van der Waals surface area contributed by atoms with Gasteiger partial charge in [-0.05, 0) is 18.8 Å². The third kappa shape index (κ3) is 3.76. The van der Waals surface area contributed by atoms with Crippen molar-refractivity contribution in [3.63, 3.8) is 0 Å². The standard InChI is InChI=1S/C14H21NO3S/c1-17-12(16)8-11-9-19-14(15-11)13(18-2)10-6-4-3-5-7-10/h9-10,13H,3-8H2,1-2H3. The number of nitrogens with zero attached hydrogens (tertiary/aromatic N) is 1. The van der Waals surface area contributed by atoms with Crippen LogP contribution in [0.2, 0.25) is 0 Å². The first kappa shape index (κ1) is 14.5. The molecular weight excluding hydrogens is 262 g/mol. The number of hydrogen-bond acceptors (Lipinski definition) is 5. The zero-order chi connectivity index (χ0) is 13.7. The highest BCUT2D eigenvalue weighted by Crippen LogP contribution is 2.37. The topological polar surface area (TPSA) is 48.4 Å². The highest BCUT2D eigenvalue weighted by Gasteiger charge is 2.27. The normalized spacial score (nSPS) is 18.2. The maximum atomic E-state index is 11.2. The Hall–Kier alpha value is -0.940. The van der Waals surface area contributed by atoms with Gasteiger partial charge in [-0.15, -0.1) is 11.3 Å². The van der Waals surface area contributed by atoms with Crippen molar-refractivity contribution in [3.05, 3.63) is 16.1 Å². The quantitative estimate of drug-likeness (QED) is 0.779. The minimum Gasteiger partial charge on any atom is -0.469 e. The van der Waals surface area contributed by atoms with Crippen molar-refractivity contribution in [2.24, 2.45) is 5.92 Å². The fourth-order valence-electron chi connectivity index (χ4n) is 2.69. The molecule has 1 aromatic heterocycles. The Morgan fingerprint density at radius 3 is 2.79 bits per heavy atom. The van der Waals surface area contributed by atoms with Gasteiger partial charge in [-0.3, -0.25) is 4.79 Å². The molecule has 0 saturated heterocycles. The zero-order valence-corrected chi connectivity index (χ0v) is 12.4. The van der Waals surface area contributed by atoms with Gasteiger partial charge in [0, 0.05) is 12.5 Å². The molecule has 0 aromatic carbocycles. The summed E-state index contributed by atoms with van der Waals surface area (Å²) in [5.74, 6) is 0.319. The predicted molar refractivity (Wildman–Crippen MR) is 74.2 cm³/mol. The smallest absolute Gasteiger partial charge is 0.311 e. The van der Waals surface area contributed by atoms with E-state index in [0.29, 0.717) is 5.92 Å². The summed E-state index contributed by atoms with van der Waals surface area (Å²) < 4.78 is 10.3. The predicted octanol–water partition coefficient (Wildman–Crippen LogP) is 3.13. The van der Waals surface area contributed by atoms with Gasteiger partial charge in [-0.2, -0.15) is 0 Å². The Bertz CT molecular complexity index is 413. The lowest BCUT2D eigenvalue weighted by Gasteiger charge is -2.27. The number of aromatic nitrogens is 1. The van der Waals surface area contributed by atoms with Crippen LogP contribution in [0.3, 0.4) is 0 Å². The molecule has 1 aromatic rings. The lowest BCUT2D eigenvalue weighted by Crippen LogP contribution is -2.18. The van der Waals surface area contributed by atoms with E-state index in [-0.39, 0.29) is 18.5 Å². The minimum atomic E-state index is -0.247. The number of hydrogen-bond donors (Lipinski definition) is 0. The summed E-state index contributed by atoms with van der Waals surface area (Å²) in [6, 6.07) is 0. The molecule has 0 bridgehead atoms. The summed E-state index contributed by atoms with van der Waals surface area (Å²) in [5, 5.41) is 2.93. The van der Waals surface area contributed by atoms with Crippen LogP contribution in [0, 0.1) is 5.92 Å². The van der Waals surface area contributed by atoms with Gasteiger partial charge >= 0.3 is 5.97 Å². The van der Waals surface area contributed by atoms with E-state index < -0.39 is 0 Å². The molecule has 0 radical (unpaired) electrons. The average molecular weight is 283 g/mol. The molecule has 4 nitrogen and oxygen atoms in total. The second kappa shape index (κ2) is 7.01. The summed E-state index contributed by atoms with van der Waals surface area (Å²) in [5.41, 5.74) is 0.782. The number of carbonyl (C=O) groups excluding carboxylic acids is 1. The summed E-state index contributed by atoms with van der Waals surface area (Å²) in [4.78, 5) is 15.8. The summed E-state index contributed by atoms with van der Waals surface area (Å²) in [6.07, 6.45) is 6.65. The average Bonchev–Trinajstić information content (AvgIpc) is 2.89. The van der Waals surface area contributed by atoms with Crippen molar-refractivity contribution in [1.29, 1.82) is 0 Å². The van der Waals surface area contributed by atoms with Gasteiger partial charge in [-0.25, -0.2) is 4.98 Å². The van der Waals surface area contributed by atoms with Crippen molar-refractivity contribution >= 4 is 17.3 Å². The summed E-state index contributed by atoms with van der Waals surface area (Å²) in [7, 11) is 3.15. The van der Waals surface area contributed by atoms with Gasteiger partial charge in [0.2, 0.25) is 0 Å². The third-order valence-corrected chi connectivity index (χ3v) is 4.65. The first-order valence-corrected chi connectivity index (χ1v) is 7.66. The third-order valence-electron chi connectivity index (χ3n) is 3.70. The summed E-state index contributed by atoms with van der Waals surface area (Å²) in [6.45, 7) is 0. The molecule has 1 fully saturated rings. The second-order valence-corrected chi connectivity index (χ2v) is 5.87. The molecule has 0 N–H and O–H groups in total. The van der Waals surface area contributed by atoms with Gasteiger partial charge in [0.05, 0.1) is 19.2 Å². The van der Waals surface area contributed by atoms with Crippen molar-refractivity contribution < 1.29 is 14.3 Å². The van der Waals surface area contributed by atoms with Crippen LogP contribution in [0.4, 0.5) is 0 Å². The van der Waals surface area contributed by atoms with Crippen LogP contribution < -0.4 is 0 Å². The van der Waals surface area contributed by atoms with Crippen molar-refractivity contribution in [1.82, 2.24) is 4.98 Å². The van der Waals surface area contributed by atoms with Crippen LogP contribution in [-0.4, -0.2) is 25.2 Å². The Labute approximate surface area is 118 Å². The Balaban J connectivity index is 2.03. The molecule has 1 saturated carbocycles.